The van der Waals surface area contributed by atoms with E-state index in [9.17, 15) is 4.79 Å². The molecule has 0 atom stereocenters. The summed E-state index contributed by atoms with van der Waals surface area (Å²) in [6.07, 6.45) is 0. The Morgan fingerprint density at radius 1 is 1.26 bits per heavy atom. The van der Waals surface area contributed by atoms with Crippen LogP contribution in [-0.2, 0) is 4.74 Å². The Bertz CT molecular complexity index is 599. The molecule has 2 rings (SSSR count). The van der Waals surface area contributed by atoms with Gasteiger partial charge < -0.3 is 4.74 Å². The van der Waals surface area contributed by atoms with Gasteiger partial charge >= 0.3 is 5.97 Å². The van der Waals surface area contributed by atoms with Crippen LogP contribution >= 0.6 is 11.6 Å². The van der Waals surface area contributed by atoms with E-state index in [1.807, 2.05) is 0 Å². The number of benzene rings is 1. The number of rotatable bonds is 3. The maximum Gasteiger partial charge on any atom is 0.360 e. The molecule has 0 N–H and O–H groups in total. The smallest absolute Gasteiger partial charge is 0.360 e. The molecule has 1 heterocycles. The number of ether oxygens (including phenoxy) is 1. The number of esters is 1. The van der Waals surface area contributed by atoms with E-state index in [1.54, 1.807) is 38.1 Å². The van der Waals surface area contributed by atoms with Crippen LogP contribution in [0.1, 0.15) is 23.1 Å². The Labute approximate surface area is 115 Å². The van der Waals surface area contributed by atoms with Crippen molar-refractivity contribution in [3.8, 4) is 11.4 Å². The molecule has 0 aliphatic rings. The fraction of sp³-hybridized carbons (Fsp3) is 0.231. The largest absolute Gasteiger partial charge is 0.461 e. The van der Waals surface area contributed by atoms with Crippen LogP contribution in [-0.4, -0.2) is 27.8 Å². The van der Waals surface area contributed by atoms with Gasteiger partial charge in [-0.05, 0) is 38.1 Å². The topological polar surface area (TPSA) is 65.0 Å². The van der Waals surface area contributed by atoms with Gasteiger partial charge in [0.15, 0.2) is 11.5 Å². The highest BCUT2D eigenvalue weighted by Crippen LogP contribution is 2.18. The minimum absolute atomic E-state index is 0.138. The minimum atomic E-state index is -0.511. The highest BCUT2D eigenvalue weighted by molar-refractivity contribution is 6.30. The van der Waals surface area contributed by atoms with Crippen LogP contribution in [0.5, 0.6) is 0 Å². The van der Waals surface area contributed by atoms with Crippen LogP contribution in [0.3, 0.4) is 0 Å². The Morgan fingerprint density at radius 3 is 2.53 bits per heavy atom. The molecule has 2 aromatic rings. The van der Waals surface area contributed by atoms with E-state index in [-0.39, 0.29) is 5.69 Å². The first-order chi connectivity index (χ1) is 9.11. The summed E-state index contributed by atoms with van der Waals surface area (Å²) in [5.74, 6) is -0.0649. The van der Waals surface area contributed by atoms with E-state index < -0.39 is 5.97 Å². The van der Waals surface area contributed by atoms with Gasteiger partial charge in [0.05, 0.1) is 12.3 Å². The molecule has 0 saturated heterocycles. The van der Waals surface area contributed by atoms with Crippen molar-refractivity contribution in [1.82, 2.24) is 15.2 Å². The molecule has 0 aliphatic carbocycles. The molecule has 1 aromatic carbocycles. The predicted octanol–water partition coefficient (Wildman–Crippen LogP) is 2.68. The van der Waals surface area contributed by atoms with Gasteiger partial charge in [0.1, 0.15) is 0 Å². The summed E-state index contributed by atoms with van der Waals surface area (Å²) in [5, 5.41) is 8.45. The second-order valence-corrected chi connectivity index (χ2v) is 4.23. The molecule has 1 aromatic heterocycles. The second-order valence-electron chi connectivity index (χ2n) is 3.80. The summed E-state index contributed by atoms with van der Waals surface area (Å²) in [6, 6.07) is 7.08. The second kappa shape index (κ2) is 5.75. The molecule has 0 unspecified atom stereocenters. The fourth-order valence-electron chi connectivity index (χ4n) is 1.51. The molecule has 0 spiro atoms. The van der Waals surface area contributed by atoms with Crippen molar-refractivity contribution in [2.45, 2.75) is 13.8 Å². The van der Waals surface area contributed by atoms with Crippen LogP contribution in [0, 0.1) is 6.92 Å². The lowest BCUT2D eigenvalue weighted by molar-refractivity contribution is 0.0516. The van der Waals surface area contributed by atoms with Crippen LogP contribution in [0.2, 0.25) is 5.02 Å². The number of nitrogens with zero attached hydrogens (tertiary/aromatic N) is 3. The molecular weight excluding hydrogens is 266 g/mol. The van der Waals surface area contributed by atoms with E-state index in [0.29, 0.717) is 23.1 Å². The van der Waals surface area contributed by atoms with E-state index >= 15 is 0 Å². The molecule has 0 amide bonds. The van der Waals surface area contributed by atoms with Crippen LogP contribution in [0.4, 0.5) is 0 Å². The molecule has 0 aliphatic heterocycles. The van der Waals surface area contributed by atoms with E-state index in [0.717, 1.165) is 5.56 Å². The number of hydrogen-bond acceptors (Lipinski definition) is 5. The van der Waals surface area contributed by atoms with E-state index in [1.165, 1.54) is 0 Å². The lowest BCUT2D eigenvalue weighted by atomic mass is 10.2. The first kappa shape index (κ1) is 13.4. The highest BCUT2D eigenvalue weighted by Gasteiger charge is 2.15. The first-order valence-corrected chi connectivity index (χ1v) is 6.14. The van der Waals surface area contributed by atoms with Gasteiger partial charge in [-0.3, -0.25) is 0 Å². The molecular formula is C13H12ClN3O2. The van der Waals surface area contributed by atoms with Gasteiger partial charge in [0.2, 0.25) is 0 Å². The molecule has 98 valence electrons. The van der Waals surface area contributed by atoms with Crippen molar-refractivity contribution in [3.63, 3.8) is 0 Å². The van der Waals surface area contributed by atoms with Crippen molar-refractivity contribution in [1.29, 1.82) is 0 Å². The first-order valence-electron chi connectivity index (χ1n) is 5.76. The van der Waals surface area contributed by atoms with Gasteiger partial charge in [-0.15, -0.1) is 10.2 Å². The third-order valence-electron chi connectivity index (χ3n) is 2.43. The summed E-state index contributed by atoms with van der Waals surface area (Å²) in [4.78, 5) is 15.8. The predicted molar refractivity (Wildman–Crippen MR) is 71.0 cm³/mol. The number of halogens is 1. The SMILES string of the molecule is CCOC(=O)c1nnc(-c2ccc(Cl)cc2)nc1C. The molecule has 6 heteroatoms. The van der Waals surface area contributed by atoms with Crippen molar-refractivity contribution in [2.75, 3.05) is 6.61 Å². The Kier molecular flexibility index (Phi) is 4.06. The standard InChI is InChI=1S/C13H12ClN3O2/c1-3-19-13(18)11-8(2)15-12(17-16-11)9-4-6-10(14)7-5-9/h4-7H,3H2,1-2H3. The molecule has 0 bridgehead atoms. The summed E-state index contributed by atoms with van der Waals surface area (Å²) in [6.45, 7) is 3.72. The van der Waals surface area contributed by atoms with Crippen LogP contribution in [0.25, 0.3) is 11.4 Å². The zero-order valence-corrected chi connectivity index (χ0v) is 11.3. The number of aryl methyl sites for hydroxylation is 1. The quantitative estimate of drug-likeness (QED) is 0.807. The van der Waals surface area contributed by atoms with E-state index in [4.69, 9.17) is 16.3 Å². The molecule has 19 heavy (non-hydrogen) atoms. The Morgan fingerprint density at radius 2 is 1.95 bits per heavy atom. The Balaban J connectivity index is 2.33. The highest BCUT2D eigenvalue weighted by atomic mass is 35.5. The molecule has 5 nitrogen and oxygen atoms in total. The number of carbonyl (C=O) groups is 1. The maximum absolute atomic E-state index is 11.6. The van der Waals surface area contributed by atoms with Crippen molar-refractivity contribution < 1.29 is 9.53 Å². The van der Waals surface area contributed by atoms with Gasteiger partial charge in [-0.2, -0.15) is 0 Å². The minimum Gasteiger partial charge on any atom is -0.461 e. The monoisotopic (exact) mass is 277 g/mol. The fourth-order valence-corrected chi connectivity index (χ4v) is 1.64. The van der Waals surface area contributed by atoms with Crippen molar-refractivity contribution in [2.24, 2.45) is 0 Å². The van der Waals surface area contributed by atoms with Gasteiger partial charge in [0, 0.05) is 10.6 Å². The average Bonchev–Trinajstić information content (AvgIpc) is 2.39. The van der Waals surface area contributed by atoms with Gasteiger partial charge in [-0.1, -0.05) is 11.6 Å². The third kappa shape index (κ3) is 3.06. The summed E-state index contributed by atoms with van der Waals surface area (Å²) >= 11 is 5.81. The average molecular weight is 278 g/mol. The normalized spacial score (nSPS) is 10.3. The van der Waals surface area contributed by atoms with E-state index in [2.05, 4.69) is 15.2 Å². The Hall–Kier alpha value is -2.01. The maximum atomic E-state index is 11.6. The van der Waals surface area contributed by atoms with Crippen molar-refractivity contribution in [3.05, 3.63) is 40.7 Å². The van der Waals surface area contributed by atoms with Gasteiger partial charge in [-0.25, -0.2) is 9.78 Å². The summed E-state index contributed by atoms with van der Waals surface area (Å²) < 4.78 is 4.87. The number of aromatic nitrogens is 3. The number of hydrogen-bond donors (Lipinski definition) is 0. The zero-order chi connectivity index (χ0) is 13.8. The zero-order valence-electron chi connectivity index (χ0n) is 10.6. The van der Waals surface area contributed by atoms with Crippen LogP contribution < -0.4 is 0 Å². The lowest BCUT2D eigenvalue weighted by Gasteiger charge is -2.05. The van der Waals surface area contributed by atoms with Crippen molar-refractivity contribution >= 4 is 17.6 Å². The van der Waals surface area contributed by atoms with Gasteiger partial charge in [0.25, 0.3) is 0 Å². The molecule has 0 saturated carbocycles. The number of carbonyl (C=O) groups excluding carboxylic acids is 1. The van der Waals surface area contributed by atoms with Crippen LogP contribution in [0.15, 0.2) is 24.3 Å². The summed E-state index contributed by atoms with van der Waals surface area (Å²) in [5.41, 5.74) is 1.41. The lowest BCUT2D eigenvalue weighted by Crippen LogP contribution is -2.12. The summed E-state index contributed by atoms with van der Waals surface area (Å²) in [7, 11) is 0. The molecule has 0 fully saturated rings. The molecule has 0 radical (unpaired) electrons. The third-order valence-corrected chi connectivity index (χ3v) is 2.68.